The maximum Gasteiger partial charge on any atom is 0.0563 e. The van der Waals surface area contributed by atoms with Crippen molar-refractivity contribution in [3.05, 3.63) is 0 Å². The summed E-state index contributed by atoms with van der Waals surface area (Å²) in [7, 11) is 0. The highest BCUT2D eigenvalue weighted by Gasteiger charge is 1.97. The van der Waals surface area contributed by atoms with Gasteiger partial charge in [-0.2, -0.15) is 0 Å². The van der Waals surface area contributed by atoms with Crippen LogP contribution in [-0.4, -0.2) is 10.7 Å². The maximum absolute atomic E-state index is 8.52. The highest BCUT2D eigenvalue weighted by molar-refractivity contribution is 4.50. The van der Waals surface area contributed by atoms with Crippen LogP contribution >= 0.6 is 0 Å². The van der Waals surface area contributed by atoms with Gasteiger partial charge in [-0.15, -0.1) is 0 Å². The van der Waals surface area contributed by atoms with E-state index in [1.54, 1.807) is 20.8 Å². The van der Waals surface area contributed by atoms with E-state index in [1.807, 2.05) is 0 Å². The number of unbranched alkanes of at least 4 members (excludes halogenated alkanes) is 2. The maximum atomic E-state index is 8.52. The molecule has 0 aromatic carbocycles. The van der Waals surface area contributed by atoms with Gasteiger partial charge in [0.25, 0.3) is 0 Å². The second-order valence-electron chi connectivity index (χ2n) is 3.52. The Hall–Kier alpha value is -0.0400. The summed E-state index contributed by atoms with van der Waals surface area (Å²) < 4.78 is 0. The molecule has 1 N–H and O–H groups in total. The smallest absolute Gasteiger partial charge is 0.0563 e. The van der Waals surface area contributed by atoms with E-state index >= 15 is 0 Å². The lowest BCUT2D eigenvalue weighted by Crippen LogP contribution is -2.10. The van der Waals surface area contributed by atoms with Crippen LogP contribution in [0.3, 0.4) is 0 Å². The lowest BCUT2D eigenvalue weighted by molar-refractivity contribution is 0.102. The van der Waals surface area contributed by atoms with E-state index < -0.39 is 5.60 Å². The van der Waals surface area contributed by atoms with Crippen molar-refractivity contribution in [3.63, 3.8) is 0 Å². The van der Waals surface area contributed by atoms with Crippen molar-refractivity contribution in [1.82, 2.24) is 0 Å². The molecule has 1 nitrogen and oxygen atoms in total. The zero-order valence-corrected chi connectivity index (χ0v) is 8.07. The van der Waals surface area contributed by atoms with Crippen LogP contribution in [0.5, 0.6) is 0 Å². The van der Waals surface area contributed by atoms with Crippen LogP contribution in [0.1, 0.15) is 53.9 Å². The lowest BCUT2D eigenvalue weighted by Gasteiger charge is -2.04. The Balaban J connectivity index is 0. The lowest BCUT2D eigenvalue weighted by atomic mass is 10.2. The standard InChI is InChI=1S/C5H12.C4H10O/c1-3-5-4-2;1-4(2,3)5/h3-5H2,1-2H3;5H,1-3H3. The first-order chi connectivity index (χ1) is 4.41. The van der Waals surface area contributed by atoms with Crippen molar-refractivity contribution >= 4 is 0 Å². The van der Waals surface area contributed by atoms with Gasteiger partial charge in [-0.3, -0.25) is 0 Å². The van der Waals surface area contributed by atoms with Crippen LogP contribution < -0.4 is 0 Å². The van der Waals surface area contributed by atoms with Gasteiger partial charge in [0.2, 0.25) is 0 Å². The van der Waals surface area contributed by atoms with Crippen LogP contribution in [0.15, 0.2) is 0 Å². The predicted molar refractivity (Wildman–Crippen MR) is 47.2 cm³/mol. The Morgan fingerprint density at radius 1 is 1.00 bits per heavy atom. The number of aliphatic hydroxyl groups is 1. The number of hydrogen-bond donors (Lipinski definition) is 1. The largest absolute Gasteiger partial charge is 0.391 e. The Bertz CT molecular complexity index is 44.2. The Morgan fingerprint density at radius 2 is 1.20 bits per heavy atom. The van der Waals surface area contributed by atoms with Crippen LogP contribution in [-0.2, 0) is 0 Å². The quantitative estimate of drug-likeness (QED) is 0.635. The highest BCUT2D eigenvalue weighted by atomic mass is 16.3. The molecule has 0 atom stereocenters. The van der Waals surface area contributed by atoms with Gasteiger partial charge in [0, 0.05) is 0 Å². The highest BCUT2D eigenvalue weighted by Crippen LogP contribution is 1.93. The minimum atomic E-state index is -0.500. The van der Waals surface area contributed by atoms with Crippen LogP contribution in [0.2, 0.25) is 0 Å². The SMILES string of the molecule is CC(C)(C)O.CCCCC. The first-order valence-corrected chi connectivity index (χ1v) is 4.14. The second-order valence-corrected chi connectivity index (χ2v) is 3.52. The molecule has 0 fully saturated rings. The molecule has 0 spiro atoms. The third-order valence-electron chi connectivity index (χ3n) is 0.707. The average molecular weight is 146 g/mol. The molecule has 10 heavy (non-hydrogen) atoms. The molecule has 0 rings (SSSR count). The van der Waals surface area contributed by atoms with Crippen molar-refractivity contribution in [2.24, 2.45) is 0 Å². The third-order valence-corrected chi connectivity index (χ3v) is 0.707. The molecule has 0 heterocycles. The Labute approximate surface area is 65.5 Å². The predicted octanol–water partition coefficient (Wildman–Crippen LogP) is 2.97. The van der Waals surface area contributed by atoms with E-state index in [9.17, 15) is 0 Å². The van der Waals surface area contributed by atoms with E-state index in [4.69, 9.17) is 5.11 Å². The average Bonchev–Trinajstić information content (AvgIpc) is 1.63. The molecule has 0 radical (unpaired) electrons. The van der Waals surface area contributed by atoms with Gasteiger partial charge in [0.15, 0.2) is 0 Å². The monoisotopic (exact) mass is 146 g/mol. The molecule has 64 valence electrons. The third kappa shape index (κ3) is 100. The molecule has 0 aliphatic rings. The van der Waals surface area contributed by atoms with Gasteiger partial charge in [-0.05, 0) is 20.8 Å². The van der Waals surface area contributed by atoms with E-state index in [1.165, 1.54) is 19.3 Å². The van der Waals surface area contributed by atoms with E-state index in [0.29, 0.717) is 0 Å². The van der Waals surface area contributed by atoms with Gasteiger partial charge >= 0.3 is 0 Å². The summed E-state index contributed by atoms with van der Waals surface area (Å²) in [6, 6.07) is 0. The zero-order valence-electron chi connectivity index (χ0n) is 8.07. The summed E-state index contributed by atoms with van der Waals surface area (Å²) in [6.07, 6.45) is 4.08. The topological polar surface area (TPSA) is 20.2 Å². The van der Waals surface area contributed by atoms with Gasteiger partial charge < -0.3 is 5.11 Å². The first kappa shape index (κ1) is 12.6. The molecule has 1 heteroatoms. The molecule has 0 aromatic heterocycles. The Kier molecular flexibility index (Phi) is 8.92. The fourth-order valence-electron chi connectivity index (χ4n) is 0.354. The van der Waals surface area contributed by atoms with Crippen LogP contribution in [0.25, 0.3) is 0 Å². The first-order valence-electron chi connectivity index (χ1n) is 4.14. The van der Waals surface area contributed by atoms with Gasteiger partial charge in [-0.25, -0.2) is 0 Å². The molecule has 0 bridgehead atoms. The fraction of sp³-hybridized carbons (Fsp3) is 1.00. The molecule has 0 aliphatic heterocycles. The summed E-state index contributed by atoms with van der Waals surface area (Å²) >= 11 is 0. The molecule has 0 saturated carbocycles. The molecule has 0 unspecified atom stereocenters. The molecule has 0 saturated heterocycles. The van der Waals surface area contributed by atoms with Crippen molar-refractivity contribution in [2.75, 3.05) is 0 Å². The van der Waals surface area contributed by atoms with Crippen molar-refractivity contribution in [3.8, 4) is 0 Å². The zero-order chi connectivity index (χ0) is 8.62. The Morgan fingerprint density at radius 3 is 1.20 bits per heavy atom. The van der Waals surface area contributed by atoms with E-state index in [-0.39, 0.29) is 0 Å². The summed E-state index contributed by atoms with van der Waals surface area (Å²) in [5, 5.41) is 8.52. The van der Waals surface area contributed by atoms with Crippen LogP contribution in [0, 0.1) is 0 Å². The van der Waals surface area contributed by atoms with E-state index in [2.05, 4.69) is 13.8 Å². The van der Waals surface area contributed by atoms with E-state index in [0.717, 1.165) is 0 Å². The summed E-state index contributed by atoms with van der Waals surface area (Å²) in [5.41, 5.74) is -0.500. The summed E-state index contributed by atoms with van der Waals surface area (Å²) in [5.74, 6) is 0. The van der Waals surface area contributed by atoms with Crippen molar-refractivity contribution < 1.29 is 5.11 Å². The second kappa shape index (κ2) is 7.07. The molecule has 0 amide bonds. The van der Waals surface area contributed by atoms with Crippen molar-refractivity contribution in [1.29, 1.82) is 0 Å². The fourth-order valence-corrected chi connectivity index (χ4v) is 0.354. The molecular formula is C9H22O. The van der Waals surface area contributed by atoms with Gasteiger partial charge in [-0.1, -0.05) is 33.1 Å². The minimum Gasteiger partial charge on any atom is -0.391 e. The minimum absolute atomic E-state index is 0.500. The van der Waals surface area contributed by atoms with Crippen LogP contribution in [0.4, 0.5) is 0 Å². The molecular weight excluding hydrogens is 124 g/mol. The van der Waals surface area contributed by atoms with Crippen molar-refractivity contribution in [2.45, 2.75) is 59.5 Å². The number of rotatable bonds is 2. The summed E-state index contributed by atoms with van der Waals surface area (Å²) in [4.78, 5) is 0. The normalized spacial score (nSPS) is 10.2. The molecule has 0 aliphatic carbocycles. The number of hydrogen-bond acceptors (Lipinski definition) is 1. The molecule has 0 aromatic rings. The van der Waals surface area contributed by atoms with Gasteiger partial charge in [0.05, 0.1) is 5.60 Å². The summed E-state index contributed by atoms with van der Waals surface area (Å²) in [6.45, 7) is 9.65. The van der Waals surface area contributed by atoms with Gasteiger partial charge in [0.1, 0.15) is 0 Å².